The Labute approximate surface area is 121 Å². The second-order valence-corrected chi connectivity index (χ2v) is 5.80. The van der Waals surface area contributed by atoms with Gasteiger partial charge in [-0.15, -0.1) is 0 Å². The van der Waals surface area contributed by atoms with Crippen molar-refractivity contribution in [2.24, 2.45) is 0 Å². The van der Waals surface area contributed by atoms with Crippen LogP contribution in [0.25, 0.3) is 0 Å². The summed E-state index contributed by atoms with van der Waals surface area (Å²) >= 11 is 0. The van der Waals surface area contributed by atoms with Crippen LogP contribution in [-0.2, 0) is 0 Å². The fourth-order valence-corrected chi connectivity index (χ4v) is 3.27. The van der Waals surface area contributed by atoms with Crippen molar-refractivity contribution < 1.29 is 10.2 Å². The predicted molar refractivity (Wildman–Crippen MR) is 81.1 cm³/mol. The summed E-state index contributed by atoms with van der Waals surface area (Å²) in [6.07, 6.45) is 2.19. The number of benzene rings is 1. The average Bonchev–Trinajstić information content (AvgIpc) is 2.59. The lowest BCUT2D eigenvalue weighted by Crippen LogP contribution is -2.41. The minimum atomic E-state index is 0.0210. The van der Waals surface area contributed by atoms with Gasteiger partial charge in [-0.3, -0.25) is 4.90 Å². The van der Waals surface area contributed by atoms with E-state index in [1.807, 2.05) is 0 Å². The van der Waals surface area contributed by atoms with Crippen LogP contribution in [0.15, 0.2) is 18.2 Å². The molecule has 1 aliphatic rings. The molecule has 0 saturated carbocycles. The molecule has 1 saturated heterocycles. The summed E-state index contributed by atoms with van der Waals surface area (Å²) in [7, 11) is 2.16. The Morgan fingerprint density at radius 3 is 2.50 bits per heavy atom. The Hall–Kier alpha value is -1.26. The summed E-state index contributed by atoms with van der Waals surface area (Å²) in [5.41, 5.74) is 0.649. The van der Waals surface area contributed by atoms with Crippen molar-refractivity contribution in [1.29, 1.82) is 0 Å². The van der Waals surface area contributed by atoms with Gasteiger partial charge in [-0.2, -0.15) is 0 Å². The standard InChI is InChI=1S/C16H26N2O2/c1-4-13-11-17(3)9-6-10-18(13)12(2)16-14(19)7-5-8-15(16)20/h5,7-8,12-13,19-20H,4,6,9-11H2,1-3H3. The quantitative estimate of drug-likeness (QED) is 0.892. The molecule has 0 aromatic heterocycles. The topological polar surface area (TPSA) is 46.9 Å². The molecule has 1 fully saturated rings. The molecule has 2 atom stereocenters. The van der Waals surface area contributed by atoms with Crippen LogP contribution in [0.2, 0.25) is 0 Å². The average molecular weight is 278 g/mol. The first kappa shape index (κ1) is 15.1. The molecule has 4 nitrogen and oxygen atoms in total. The Morgan fingerprint density at radius 2 is 1.90 bits per heavy atom. The SMILES string of the molecule is CCC1CN(C)CCCN1C(C)c1c(O)cccc1O. The number of likely N-dealkylation sites (N-methyl/N-ethyl adjacent to an activating group) is 1. The third kappa shape index (κ3) is 3.07. The molecule has 1 aromatic rings. The summed E-state index contributed by atoms with van der Waals surface area (Å²) in [4.78, 5) is 4.78. The number of phenolic OH excluding ortho intramolecular Hbond substituents is 2. The molecule has 2 rings (SSSR count). The molecule has 1 aliphatic heterocycles. The summed E-state index contributed by atoms with van der Waals surface area (Å²) in [5, 5.41) is 20.2. The predicted octanol–water partition coefficient (Wildman–Crippen LogP) is 2.57. The van der Waals surface area contributed by atoms with Gasteiger partial charge in [0, 0.05) is 25.2 Å². The van der Waals surface area contributed by atoms with Crippen molar-refractivity contribution in [2.75, 3.05) is 26.7 Å². The third-order valence-electron chi connectivity index (χ3n) is 4.39. The van der Waals surface area contributed by atoms with Crippen LogP contribution in [0.5, 0.6) is 11.5 Å². The number of hydrogen-bond donors (Lipinski definition) is 2. The maximum atomic E-state index is 10.1. The van der Waals surface area contributed by atoms with Crippen molar-refractivity contribution in [3.8, 4) is 11.5 Å². The number of hydrogen-bond acceptors (Lipinski definition) is 4. The molecule has 0 radical (unpaired) electrons. The van der Waals surface area contributed by atoms with Gasteiger partial charge in [-0.05, 0) is 45.5 Å². The van der Waals surface area contributed by atoms with Crippen molar-refractivity contribution in [3.05, 3.63) is 23.8 Å². The smallest absolute Gasteiger partial charge is 0.124 e. The number of rotatable bonds is 3. The highest BCUT2D eigenvalue weighted by molar-refractivity contribution is 5.45. The first-order valence-corrected chi connectivity index (χ1v) is 7.49. The molecule has 2 N–H and O–H groups in total. The van der Waals surface area contributed by atoms with Crippen LogP contribution in [-0.4, -0.2) is 52.7 Å². The molecule has 2 unspecified atom stereocenters. The minimum absolute atomic E-state index is 0.0210. The fourth-order valence-electron chi connectivity index (χ4n) is 3.27. The van der Waals surface area contributed by atoms with Crippen LogP contribution >= 0.6 is 0 Å². The zero-order valence-corrected chi connectivity index (χ0v) is 12.7. The molecule has 0 aliphatic carbocycles. The fraction of sp³-hybridized carbons (Fsp3) is 0.625. The molecular weight excluding hydrogens is 252 g/mol. The van der Waals surface area contributed by atoms with E-state index in [1.54, 1.807) is 18.2 Å². The van der Waals surface area contributed by atoms with Crippen LogP contribution < -0.4 is 0 Å². The Kier molecular flexibility index (Phi) is 4.89. The van der Waals surface area contributed by atoms with E-state index in [1.165, 1.54) is 0 Å². The zero-order valence-electron chi connectivity index (χ0n) is 12.7. The van der Waals surface area contributed by atoms with Crippen molar-refractivity contribution in [3.63, 3.8) is 0 Å². The van der Waals surface area contributed by atoms with E-state index in [0.717, 1.165) is 32.5 Å². The van der Waals surface area contributed by atoms with E-state index in [0.29, 0.717) is 11.6 Å². The molecule has 4 heteroatoms. The molecule has 1 aromatic carbocycles. The van der Waals surface area contributed by atoms with Crippen LogP contribution in [0.4, 0.5) is 0 Å². The summed E-state index contributed by atoms with van der Waals surface area (Å²) < 4.78 is 0. The van der Waals surface area contributed by atoms with Gasteiger partial charge in [0.25, 0.3) is 0 Å². The zero-order chi connectivity index (χ0) is 14.7. The lowest BCUT2D eigenvalue weighted by atomic mass is 10.0. The second-order valence-electron chi connectivity index (χ2n) is 5.80. The van der Waals surface area contributed by atoms with Gasteiger partial charge >= 0.3 is 0 Å². The molecule has 0 bridgehead atoms. The molecule has 1 heterocycles. The van der Waals surface area contributed by atoms with Gasteiger partial charge in [0.1, 0.15) is 11.5 Å². The van der Waals surface area contributed by atoms with E-state index in [-0.39, 0.29) is 17.5 Å². The van der Waals surface area contributed by atoms with E-state index in [9.17, 15) is 10.2 Å². The van der Waals surface area contributed by atoms with Gasteiger partial charge in [0.05, 0.1) is 5.56 Å². The first-order chi connectivity index (χ1) is 9.54. The normalized spacial score (nSPS) is 23.4. The number of phenols is 2. The molecule has 0 spiro atoms. The maximum Gasteiger partial charge on any atom is 0.124 e. The van der Waals surface area contributed by atoms with Crippen LogP contribution in [0.1, 0.15) is 38.3 Å². The molecular formula is C16H26N2O2. The summed E-state index contributed by atoms with van der Waals surface area (Å²) in [5.74, 6) is 0.370. The lowest BCUT2D eigenvalue weighted by Gasteiger charge is -2.35. The maximum absolute atomic E-state index is 10.1. The Balaban J connectivity index is 2.28. The highest BCUT2D eigenvalue weighted by atomic mass is 16.3. The van der Waals surface area contributed by atoms with E-state index in [4.69, 9.17) is 0 Å². The summed E-state index contributed by atoms with van der Waals surface area (Å²) in [6, 6.07) is 5.45. The number of nitrogens with zero attached hydrogens (tertiary/aromatic N) is 2. The highest BCUT2D eigenvalue weighted by Crippen LogP contribution is 2.37. The third-order valence-corrected chi connectivity index (χ3v) is 4.39. The lowest BCUT2D eigenvalue weighted by molar-refractivity contribution is 0.133. The van der Waals surface area contributed by atoms with Crippen LogP contribution in [0, 0.1) is 0 Å². The second kappa shape index (κ2) is 6.46. The van der Waals surface area contributed by atoms with Gasteiger partial charge in [-0.25, -0.2) is 0 Å². The Bertz CT molecular complexity index is 430. The van der Waals surface area contributed by atoms with Gasteiger partial charge in [0.2, 0.25) is 0 Å². The number of aromatic hydroxyl groups is 2. The van der Waals surface area contributed by atoms with Crippen LogP contribution in [0.3, 0.4) is 0 Å². The Morgan fingerprint density at radius 1 is 1.25 bits per heavy atom. The van der Waals surface area contributed by atoms with E-state index < -0.39 is 0 Å². The van der Waals surface area contributed by atoms with E-state index in [2.05, 4.69) is 30.7 Å². The molecule has 0 amide bonds. The van der Waals surface area contributed by atoms with Gasteiger partial charge < -0.3 is 15.1 Å². The molecule has 20 heavy (non-hydrogen) atoms. The summed E-state index contributed by atoms with van der Waals surface area (Å²) in [6.45, 7) is 7.41. The van der Waals surface area contributed by atoms with Gasteiger partial charge in [0.15, 0.2) is 0 Å². The van der Waals surface area contributed by atoms with E-state index >= 15 is 0 Å². The van der Waals surface area contributed by atoms with Gasteiger partial charge in [-0.1, -0.05) is 13.0 Å². The minimum Gasteiger partial charge on any atom is -0.507 e. The van der Waals surface area contributed by atoms with Crippen molar-refractivity contribution in [2.45, 2.75) is 38.8 Å². The van der Waals surface area contributed by atoms with Crippen molar-refractivity contribution >= 4 is 0 Å². The first-order valence-electron chi connectivity index (χ1n) is 7.49. The highest BCUT2D eigenvalue weighted by Gasteiger charge is 2.29. The largest absolute Gasteiger partial charge is 0.507 e. The monoisotopic (exact) mass is 278 g/mol. The van der Waals surface area contributed by atoms with Crippen molar-refractivity contribution in [1.82, 2.24) is 9.80 Å². The molecule has 112 valence electrons.